The van der Waals surface area contributed by atoms with Crippen molar-refractivity contribution < 1.29 is 4.79 Å². The van der Waals surface area contributed by atoms with Gasteiger partial charge < -0.3 is 4.90 Å². The van der Waals surface area contributed by atoms with Gasteiger partial charge >= 0.3 is 0 Å². The second kappa shape index (κ2) is 7.22. The van der Waals surface area contributed by atoms with Crippen LogP contribution in [0.2, 0.25) is 0 Å². The first-order chi connectivity index (χ1) is 10.8. The van der Waals surface area contributed by atoms with Crippen LogP contribution in [0.15, 0.2) is 46.9 Å². The van der Waals surface area contributed by atoms with Crippen molar-refractivity contribution in [3.63, 3.8) is 0 Å². The molecule has 0 bridgehead atoms. The van der Waals surface area contributed by atoms with Crippen LogP contribution >= 0.6 is 11.3 Å². The Morgan fingerprint density at radius 2 is 2.00 bits per heavy atom. The Morgan fingerprint density at radius 3 is 2.68 bits per heavy atom. The maximum atomic E-state index is 11.7. The molecule has 4 nitrogen and oxygen atoms in total. The fraction of sp³-hybridized carbons (Fsp3) is 0.294. The summed E-state index contributed by atoms with van der Waals surface area (Å²) in [5, 5.41) is 5.98. The lowest BCUT2D eigenvalue weighted by molar-refractivity contribution is -0.120. The van der Waals surface area contributed by atoms with Gasteiger partial charge in [-0.15, -0.1) is 11.3 Å². The number of thiophene rings is 1. The maximum absolute atomic E-state index is 11.7. The van der Waals surface area contributed by atoms with Gasteiger partial charge in [0.2, 0.25) is 5.91 Å². The van der Waals surface area contributed by atoms with Crippen LogP contribution in [0.4, 0.5) is 5.69 Å². The number of nitrogens with one attached hydrogen (secondary N) is 1. The maximum Gasteiger partial charge on any atom is 0.245 e. The Kier molecular flexibility index (Phi) is 4.85. The lowest BCUT2D eigenvalue weighted by Gasteiger charge is -2.17. The number of anilines is 1. The molecule has 1 aliphatic heterocycles. The molecular formula is C17H19N3OS. The molecule has 1 aromatic heterocycles. The van der Waals surface area contributed by atoms with E-state index in [4.69, 9.17) is 0 Å². The van der Waals surface area contributed by atoms with Crippen LogP contribution in [-0.4, -0.2) is 25.2 Å². The van der Waals surface area contributed by atoms with Crippen LogP contribution in [-0.2, 0) is 11.2 Å². The number of hydrazone groups is 1. The number of hydrogen-bond donors (Lipinski definition) is 1. The lowest BCUT2D eigenvalue weighted by Crippen LogP contribution is -2.19. The molecule has 0 unspecified atom stereocenters. The molecule has 22 heavy (non-hydrogen) atoms. The van der Waals surface area contributed by atoms with Crippen LogP contribution in [0.25, 0.3) is 0 Å². The number of benzene rings is 1. The van der Waals surface area contributed by atoms with Crippen LogP contribution in [0.5, 0.6) is 0 Å². The minimum atomic E-state index is -0.0904. The number of carbonyl (C=O) groups excluding carboxylic acids is 1. The largest absolute Gasteiger partial charge is 0.372 e. The molecule has 1 N–H and O–H groups in total. The molecule has 1 aliphatic rings. The van der Waals surface area contributed by atoms with Gasteiger partial charge in [0.15, 0.2) is 0 Å². The Morgan fingerprint density at radius 1 is 1.23 bits per heavy atom. The van der Waals surface area contributed by atoms with Crippen molar-refractivity contribution in [3.8, 4) is 0 Å². The number of hydrogen-bond acceptors (Lipinski definition) is 4. The summed E-state index contributed by atoms with van der Waals surface area (Å²) in [6.45, 7) is 2.29. The molecule has 0 spiro atoms. The topological polar surface area (TPSA) is 44.7 Å². The van der Waals surface area contributed by atoms with Gasteiger partial charge in [-0.25, -0.2) is 5.43 Å². The van der Waals surface area contributed by atoms with E-state index < -0.39 is 0 Å². The molecule has 0 saturated carbocycles. The lowest BCUT2D eigenvalue weighted by atomic mass is 10.2. The highest BCUT2D eigenvalue weighted by Crippen LogP contribution is 2.19. The predicted octanol–water partition coefficient (Wildman–Crippen LogP) is 3.04. The summed E-state index contributed by atoms with van der Waals surface area (Å²) < 4.78 is 0. The number of amides is 1. The van der Waals surface area contributed by atoms with Crippen LogP contribution in [0.1, 0.15) is 23.3 Å². The third kappa shape index (κ3) is 3.95. The van der Waals surface area contributed by atoms with Gasteiger partial charge in [0.05, 0.1) is 12.6 Å². The zero-order valence-corrected chi connectivity index (χ0v) is 13.2. The average Bonchev–Trinajstić information content (AvgIpc) is 3.21. The summed E-state index contributed by atoms with van der Waals surface area (Å²) >= 11 is 1.58. The van der Waals surface area contributed by atoms with Crippen LogP contribution in [0.3, 0.4) is 0 Å². The van der Waals surface area contributed by atoms with E-state index in [9.17, 15) is 4.79 Å². The predicted molar refractivity (Wildman–Crippen MR) is 91.6 cm³/mol. The molecule has 0 atom stereocenters. The van der Waals surface area contributed by atoms with Gasteiger partial charge in [-0.2, -0.15) is 5.10 Å². The average molecular weight is 313 g/mol. The summed E-state index contributed by atoms with van der Waals surface area (Å²) in [5.41, 5.74) is 4.81. The van der Waals surface area contributed by atoms with Gasteiger partial charge in [-0.3, -0.25) is 4.79 Å². The molecule has 2 aromatic rings. The fourth-order valence-corrected chi connectivity index (χ4v) is 3.24. The monoisotopic (exact) mass is 313 g/mol. The SMILES string of the molecule is O=C(Cc1cccs1)N/N=C\c1ccc(N2CCCC2)cc1. The van der Waals surface area contributed by atoms with Crippen molar-refractivity contribution in [2.45, 2.75) is 19.3 Å². The smallest absolute Gasteiger partial charge is 0.245 e. The highest BCUT2D eigenvalue weighted by atomic mass is 32.1. The fourth-order valence-electron chi connectivity index (χ4n) is 2.54. The summed E-state index contributed by atoms with van der Waals surface area (Å²) in [7, 11) is 0. The highest BCUT2D eigenvalue weighted by molar-refractivity contribution is 7.10. The molecule has 3 rings (SSSR count). The van der Waals surface area contributed by atoms with E-state index in [2.05, 4.69) is 27.6 Å². The van der Waals surface area contributed by atoms with E-state index in [1.54, 1.807) is 17.6 Å². The van der Waals surface area contributed by atoms with Crippen molar-refractivity contribution in [2.24, 2.45) is 5.10 Å². The molecule has 1 amide bonds. The first-order valence-electron chi connectivity index (χ1n) is 7.50. The van der Waals surface area contributed by atoms with E-state index in [0.717, 1.165) is 23.5 Å². The van der Waals surface area contributed by atoms with Crippen molar-refractivity contribution in [1.82, 2.24) is 5.43 Å². The van der Waals surface area contributed by atoms with E-state index in [-0.39, 0.29) is 5.91 Å². The molecule has 2 heterocycles. The normalized spacial score (nSPS) is 14.6. The van der Waals surface area contributed by atoms with Crippen molar-refractivity contribution in [2.75, 3.05) is 18.0 Å². The Bertz CT molecular complexity index is 628. The molecule has 0 radical (unpaired) electrons. The zero-order valence-electron chi connectivity index (χ0n) is 12.4. The second-order valence-corrected chi connectivity index (χ2v) is 6.37. The van der Waals surface area contributed by atoms with Gasteiger partial charge in [-0.05, 0) is 42.0 Å². The third-order valence-corrected chi connectivity index (χ3v) is 4.56. The van der Waals surface area contributed by atoms with E-state index in [0.29, 0.717) is 6.42 Å². The van der Waals surface area contributed by atoms with Crippen LogP contribution < -0.4 is 10.3 Å². The summed E-state index contributed by atoms with van der Waals surface area (Å²) in [6.07, 6.45) is 4.61. The van der Waals surface area contributed by atoms with Crippen molar-refractivity contribution in [1.29, 1.82) is 0 Å². The quantitative estimate of drug-likeness (QED) is 0.681. The standard InChI is InChI=1S/C17H19N3OS/c21-17(12-16-4-3-11-22-16)19-18-13-14-5-7-15(8-6-14)20-9-1-2-10-20/h3-8,11,13H,1-2,9-10,12H2,(H,19,21)/b18-13-. The van der Waals surface area contributed by atoms with E-state index in [1.165, 1.54) is 18.5 Å². The van der Waals surface area contributed by atoms with Gasteiger partial charge in [0.1, 0.15) is 0 Å². The van der Waals surface area contributed by atoms with E-state index >= 15 is 0 Å². The number of rotatable bonds is 5. The molecular weight excluding hydrogens is 294 g/mol. The Hall–Kier alpha value is -2.14. The van der Waals surface area contributed by atoms with Gasteiger partial charge in [-0.1, -0.05) is 18.2 Å². The zero-order chi connectivity index (χ0) is 15.2. The molecule has 114 valence electrons. The second-order valence-electron chi connectivity index (χ2n) is 5.34. The Labute approximate surface area is 134 Å². The molecule has 1 fully saturated rings. The minimum Gasteiger partial charge on any atom is -0.372 e. The summed E-state index contributed by atoms with van der Waals surface area (Å²) in [6, 6.07) is 12.2. The molecule has 1 aromatic carbocycles. The summed E-state index contributed by atoms with van der Waals surface area (Å²) in [5.74, 6) is -0.0904. The first-order valence-corrected chi connectivity index (χ1v) is 8.38. The molecule has 1 saturated heterocycles. The minimum absolute atomic E-state index is 0.0904. The number of nitrogens with zero attached hydrogens (tertiary/aromatic N) is 2. The highest BCUT2D eigenvalue weighted by Gasteiger charge is 2.11. The van der Waals surface area contributed by atoms with Crippen molar-refractivity contribution in [3.05, 3.63) is 52.2 Å². The van der Waals surface area contributed by atoms with E-state index in [1.807, 2.05) is 29.6 Å². The van der Waals surface area contributed by atoms with Crippen LogP contribution in [0, 0.1) is 0 Å². The number of carbonyl (C=O) groups is 1. The third-order valence-electron chi connectivity index (χ3n) is 3.68. The molecule has 5 heteroatoms. The van der Waals surface area contributed by atoms with Crippen molar-refractivity contribution >= 4 is 29.1 Å². The Balaban J connectivity index is 1.50. The van der Waals surface area contributed by atoms with Gasteiger partial charge in [0, 0.05) is 23.7 Å². The van der Waals surface area contributed by atoms with Gasteiger partial charge in [0.25, 0.3) is 0 Å². The summed E-state index contributed by atoms with van der Waals surface area (Å²) in [4.78, 5) is 15.1. The molecule has 0 aliphatic carbocycles. The first kappa shape index (κ1) is 14.8.